The van der Waals surface area contributed by atoms with E-state index < -0.39 is 6.23 Å². The molecule has 0 bridgehead atoms. The van der Waals surface area contributed by atoms with Gasteiger partial charge in [-0.05, 0) is 36.1 Å². The highest BCUT2D eigenvalue weighted by molar-refractivity contribution is 5.42. The van der Waals surface area contributed by atoms with Crippen molar-refractivity contribution in [1.29, 1.82) is 5.26 Å². The summed E-state index contributed by atoms with van der Waals surface area (Å²) in [5.74, 6) is 0. The smallest absolute Gasteiger partial charge is 0.134 e. The maximum atomic E-state index is 10.2. The fourth-order valence-corrected chi connectivity index (χ4v) is 2.73. The number of nitriles is 1. The van der Waals surface area contributed by atoms with Crippen LogP contribution in [0.4, 0.5) is 0 Å². The zero-order valence-corrected chi connectivity index (χ0v) is 11.2. The van der Waals surface area contributed by atoms with Gasteiger partial charge in [-0.15, -0.1) is 0 Å². The summed E-state index contributed by atoms with van der Waals surface area (Å²) >= 11 is 0. The number of nitrogens with zero attached hydrogens (tertiary/aromatic N) is 3. The third kappa shape index (κ3) is 2.31. The Labute approximate surface area is 117 Å². The van der Waals surface area contributed by atoms with Crippen molar-refractivity contribution in [2.24, 2.45) is 7.05 Å². The molecule has 102 valence electrons. The van der Waals surface area contributed by atoms with Crippen molar-refractivity contribution in [2.45, 2.75) is 25.1 Å². The van der Waals surface area contributed by atoms with Crippen molar-refractivity contribution in [3.63, 3.8) is 0 Å². The van der Waals surface area contributed by atoms with Crippen LogP contribution in [0.2, 0.25) is 0 Å². The molecule has 1 aliphatic rings. The predicted octanol–water partition coefficient (Wildman–Crippen LogP) is 1.56. The van der Waals surface area contributed by atoms with E-state index in [0.717, 1.165) is 18.4 Å². The zero-order chi connectivity index (χ0) is 14.1. The van der Waals surface area contributed by atoms with Gasteiger partial charge in [0.05, 0.1) is 17.8 Å². The third-order valence-electron chi connectivity index (χ3n) is 3.75. The van der Waals surface area contributed by atoms with E-state index in [4.69, 9.17) is 5.26 Å². The molecular formula is C15H16N4O. The largest absolute Gasteiger partial charge is 0.374 e. The molecule has 5 nitrogen and oxygen atoms in total. The van der Waals surface area contributed by atoms with Crippen LogP contribution in [0.3, 0.4) is 0 Å². The number of rotatable bonds is 3. The standard InChI is InChI=1S/C15H16N4O/c1-19-9-12(8-17-19)15(20)18-14-5-3-11-6-10(7-16)2-4-13(11)14/h2,4,6,8-9,14-15,18,20H,3,5H2,1H3/t14-,15?/m1/s1. The highest BCUT2D eigenvalue weighted by Crippen LogP contribution is 2.33. The van der Waals surface area contributed by atoms with Crippen LogP contribution in [0.1, 0.15) is 40.9 Å². The minimum absolute atomic E-state index is 0.118. The molecule has 1 unspecified atom stereocenters. The van der Waals surface area contributed by atoms with Gasteiger partial charge in [-0.2, -0.15) is 10.4 Å². The number of hydrogen-bond acceptors (Lipinski definition) is 4. The molecule has 0 fully saturated rings. The lowest BCUT2D eigenvalue weighted by Gasteiger charge is -2.18. The van der Waals surface area contributed by atoms with Gasteiger partial charge in [0.15, 0.2) is 0 Å². The molecule has 3 rings (SSSR count). The lowest BCUT2D eigenvalue weighted by atomic mass is 10.0. The summed E-state index contributed by atoms with van der Waals surface area (Å²) in [6.07, 6.45) is 4.60. The number of aryl methyl sites for hydroxylation is 2. The molecule has 0 amide bonds. The summed E-state index contributed by atoms with van der Waals surface area (Å²) < 4.78 is 1.67. The second kappa shape index (κ2) is 5.08. The molecule has 2 N–H and O–H groups in total. The summed E-state index contributed by atoms with van der Waals surface area (Å²) in [6.45, 7) is 0. The van der Waals surface area contributed by atoms with Gasteiger partial charge in [0, 0.05) is 24.8 Å². The fraction of sp³-hybridized carbons (Fsp3) is 0.333. The van der Waals surface area contributed by atoms with Crippen LogP contribution in [-0.2, 0) is 13.5 Å². The number of fused-ring (bicyclic) bond motifs is 1. The molecule has 1 heterocycles. The lowest BCUT2D eigenvalue weighted by Crippen LogP contribution is -2.24. The highest BCUT2D eigenvalue weighted by atomic mass is 16.3. The Kier molecular flexibility index (Phi) is 3.26. The van der Waals surface area contributed by atoms with Crippen molar-refractivity contribution >= 4 is 0 Å². The van der Waals surface area contributed by atoms with E-state index in [0.29, 0.717) is 5.56 Å². The van der Waals surface area contributed by atoms with Gasteiger partial charge >= 0.3 is 0 Å². The minimum Gasteiger partial charge on any atom is -0.374 e. The first-order valence-electron chi connectivity index (χ1n) is 6.63. The second-order valence-electron chi connectivity index (χ2n) is 5.13. The number of nitrogens with one attached hydrogen (secondary N) is 1. The summed E-state index contributed by atoms with van der Waals surface area (Å²) in [4.78, 5) is 0. The average Bonchev–Trinajstić information content (AvgIpc) is 3.05. The monoisotopic (exact) mass is 268 g/mol. The number of aliphatic hydroxyl groups is 1. The van der Waals surface area contributed by atoms with Crippen LogP contribution in [0.5, 0.6) is 0 Å². The Morgan fingerprint density at radius 1 is 1.55 bits per heavy atom. The van der Waals surface area contributed by atoms with E-state index in [2.05, 4.69) is 16.5 Å². The molecular weight excluding hydrogens is 252 g/mol. The molecule has 0 saturated carbocycles. The quantitative estimate of drug-likeness (QED) is 0.828. The summed E-state index contributed by atoms with van der Waals surface area (Å²) in [5, 5.41) is 26.4. The number of aromatic nitrogens is 2. The molecule has 20 heavy (non-hydrogen) atoms. The first-order valence-corrected chi connectivity index (χ1v) is 6.63. The topological polar surface area (TPSA) is 73.9 Å². The van der Waals surface area contributed by atoms with Gasteiger partial charge in [0.1, 0.15) is 6.23 Å². The molecule has 5 heteroatoms. The summed E-state index contributed by atoms with van der Waals surface area (Å²) in [6, 6.07) is 8.03. The van der Waals surface area contributed by atoms with E-state index in [1.165, 1.54) is 11.1 Å². The van der Waals surface area contributed by atoms with Crippen LogP contribution in [0.15, 0.2) is 30.6 Å². The van der Waals surface area contributed by atoms with Crippen molar-refractivity contribution in [3.05, 3.63) is 52.8 Å². The van der Waals surface area contributed by atoms with E-state index in [1.54, 1.807) is 17.1 Å². The molecule has 1 aromatic carbocycles. The average molecular weight is 268 g/mol. The van der Waals surface area contributed by atoms with Gasteiger partial charge in [-0.25, -0.2) is 0 Å². The maximum absolute atomic E-state index is 10.2. The number of aliphatic hydroxyl groups excluding tert-OH is 1. The Morgan fingerprint density at radius 2 is 2.40 bits per heavy atom. The van der Waals surface area contributed by atoms with Crippen molar-refractivity contribution in [1.82, 2.24) is 15.1 Å². The number of hydrogen-bond donors (Lipinski definition) is 2. The van der Waals surface area contributed by atoms with Gasteiger partial charge < -0.3 is 5.11 Å². The lowest BCUT2D eigenvalue weighted by molar-refractivity contribution is 0.123. The zero-order valence-electron chi connectivity index (χ0n) is 11.2. The highest BCUT2D eigenvalue weighted by Gasteiger charge is 2.25. The van der Waals surface area contributed by atoms with Crippen LogP contribution >= 0.6 is 0 Å². The molecule has 2 atom stereocenters. The van der Waals surface area contributed by atoms with E-state index in [-0.39, 0.29) is 6.04 Å². The summed E-state index contributed by atoms with van der Waals surface area (Å²) in [7, 11) is 1.82. The third-order valence-corrected chi connectivity index (χ3v) is 3.75. The minimum atomic E-state index is -0.727. The Bertz CT molecular complexity index is 671. The molecule has 0 radical (unpaired) electrons. The van der Waals surface area contributed by atoms with Gasteiger partial charge in [-0.1, -0.05) is 6.07 Å². The van der Waals surface area contributed by atoms with Crippen LogP contribution in [0, 0.1) is 11.3 Å². The SMILES string of the molecule is Cn1cc(C(O)N[C@@H]2CCc3cc(C#N)ccc32)cn1. The molecule has 1 aliphatic carbocycles. The molecule has 1 aromatic heterocycles. The van der Waals surface area contributed by atoms with Crippen LogP contribution in [0.25, 0.3) is 0 Å². The van der Waals surface area contributed by atoms with Crippen LogP contribution < -0.4 is 5.32 Å². The van der Waals surface area contributed by atoms with Crippen molar-refractivity contribution < 1.29 is 5.11 Å². The van der Waals surface area contributed by atoms with Crippen LogP contribution in [-0.4, -0.2) is 14.9 Å². The summed E-state index contributed by atoms with van der Waals surface area (Å²) in [5.41, 5.74) is 3.82. The van der Waals surface area contributed by atoms with Gasteiger partial charge in [0.2, 0.25) is 0 Å². The fourth-order valence-electron chi connectivity index (χ4n) is 2.73. The van der Waals surface area contributed by atoms with Crippen molar-refractivity contribution in [3.8, 4) is 6.07 Å². The van der Waals surface area contributed by atoms with Gasteiger partial charge in [0.25, 0.3) is 0 Å². The molecule has 2 aromatic rings. The molecule has 0 spiro atoms. The van der Waals surface area contributed by atoms with E-state index in [1.807, 2.05) is 25.2 Å². The first-order chi connectivity index (χ1) is 9.67. The number of benzene rings is 1. The van der Waals surface area contributed by atoms with E-state index in [9.17, 15) is 5.11 Å². The van der Waals surface area contributed by atoms with Crippen molar-refractivity contribution in [2.75, 3.05) is 0 Å². The molecule has 0 saturated heterocycles. The predicted molar refractivity (Wildman–Crippen MR) is 73.5 cm³/mol. The van der Waals surface area contributed by atoms with Gasteiger partial charge in [-0.3, -0.25) is 10.00 Å². The Morgan fingerprint density at radius 3 is 3.10 bits per heavy atom. The first kappa shape index (κ1) is 12.9. The Hall–Kier alpha value is -2.16. The molecule has 0 aliphatic heterocycles. The second-order valence-corrected chi connectivity index (χ2v) is 5.13. The maximum Gasteiger partial charge on any atom is 0.134 e. The normalized spacial score (nSPS) is 18.6. The van der Waals surface area contributed by atoms with E-state index >= 15 is 0 Å². The Balaban J connectivity index is 1.77.